The van der Waals surface area contributed by atoms with Gasteiger partial charge in [-0.15, -0.1) is 11.3 Å². The van der Waals surface area contributed by atoms with E-state index in [0.717, 1.165) is 10.4 Å². The molecule has 2 rings (SSSR count). The van der Waals surface area contributed by atoms with Crippen molar-refractivity contribution in [3.63, 3.8) is 0 Å². The Hall–Kier alpha value is -2.03. The Kier molecular flexibility index (Phi) is 4.51. The molecule has 0 spiro atoms. The van der Waals surface area contributed by atoms with E-state index in [-0.39, 0.29) is 5.91 Å². The summed E-state index contributed by atoms with van der Waals surface area (Å²) < 4.78 is 5.16. The van der Waals surface area contributed by atoms with Gasteiger partial charge in [-0.1, -0.05) is 11.6 Å². The van der Waals surface area contributed by atoms with E-state index in [9.17, 15) is 10.1 Å². The highest BCUT2D eigenvalue weighted by Crippen LogP contribution is 2.32. The number of nitrogens with zero attached hydrogens (tertiary/aromatic N) is 1. The first-order valence-corrected chi connectivity index (χ1v) is 7.32. The largest absolute Gasteiger partial charge is 0.496 e. The summed E-state index contributed by atoms with van der Waals surface area (Å²) in [6.07, 6.45) is 0. The van der Waals surface area contributed by atoms with Crippen LogP contribution in [0.2, 0.25) is 5.02 Å². The maximum Gasteiger partial charge on any atom is 0.260 e. The molecule has 0 atom stereocenters. The van der Waals surface area contributed by atoms with E-state index in [1.165, 1.54) is 24.5 Å². The molecule has 0 saturated carbocycles. The number of nitrogens with one attached hydrogen (secondary N) is 1. The highest BCUT2D eigenvalue weighted by atomic mass is 35.5. The predicted octanol–water partition coefficient (Wildman–Crippen LogP) is 4.15. The standard InChI is InChI=1S/C15H13ClN2O2S/c1-8-9(2)21-15(12(8)7-17)18-14(19)11-6-10(16)4-5-13(11)20-3/h4-6H,1-3H3,(H,18,19). The quantitative estimate of drug-likeness (QED) is 0.924. The van der Waals surface area contributed by atoms with Crippen LogP contribution in [0, 0.1) is 25.2 Å². The number of amides is 1. The third-order valence-electron chi connectivity index (χ3n) is 3.13. The molecular formula is C15H13ClN2O2S. The summed E-state index contributed by atoms with van der Waals surface area (Å²) >= 11 is 7.30. The van der Waals surface area contributed by atoms with Crippen molar-refractivity contribution in [3.05, 3.63) is 44.8 Å². The van der Waals surface area contributed by atoms with E-state index in [1.807, 2.05) is 13.8 Å². The molecule has 4 nitrogen and oxygen atoms in total. The van der Waals surface area contributed by atoms with Gasteiger partial charge in [0.25, 0.3) is 5.91 Å². The van der Waals surface area contributed by atoms with Gasteiger partial charge in [0.1, 0.15) is 16.8 Å². The van der Waals surface area contributed by atoms with Gasteiger partial charge in [0.2, 0.25) is 0 Å². The van der Waals surface area contributed by atoms with Gasteiger partial charge in [-0.05, 0) is 37.6 Å². The molecule has 2 aromatic rings. The average molecular weight is 321 g/mol. The molecule has 6 heteroatoms. The van der Waals surface area contributed by atoms with Crippen molar-refractivity contribution in [3.8, 4) is 11.8 Å². The molecule has 0 aliphatic heterocycles. The molecule has 1 aromatic heterocycles. The number of carbonyl (C=O) groups is 1. The third kappa shape index (κ3) is 3.02. The minimum absolute atomic E-state index is 0.331. The van der Waals surface area contributed by atoms with Crippen LogP contribution in [0.25, 0.3) is 0 Å². The first-order chi connectivity index (χ1) is 9.97. The van der Waals surface area contributed by atoms with E-state index in [4.69, 9.17) is 16.3 Å². The molecule has 1 amide bonds. The molecule has 0 radical (unpaired) electrons. The zero-order valence-corrected chi connectivity index (χ0v) is 13.4. The number of anilines is 1. The molecule has 1 N–H and O–H groups in total. The lowest BCUT2D eigenvalue weighted by Gasteiger charge is -2.09. The number of benzene rings is 1. The van der Waals surface area contributed by atoms with Crippen molar-refractivity contribution in [2.75, 3.05) is 12.4 Å². The summed E-state index contributed by atoms with van der Waals surface area (Å²) in [5, 5.41) is 12.9. The van der Waals surface area contributed by atoms with Gasteiger partial charge in [-0.3, -0.25) is 4.79 Å². The number of hydrogen-bond acceptors (Lipinski definition) is 4. The van der Waals surface area contributed by atoms with Crippen LogP contribution in [-0.4, -0.2) is 13.0 Å². The number of carbonyl (C=O) groups excluding carboxylic acids is 1. The van der Waals surface area contributed by atoms with Gasteiger partial charge in [-0.2, -0.15) is 5.26 Å². The normalized spacial score (nSPS) is 10.0. The molecule has 1 aromatic carbocycles. The van der Waals surface area contributed by atoms with Crippen molar-refractivity contribution in [1.29, 1.82) is 5.26 Å². The van der Waals surface area contributed by atoms with Crippen LogP contribution < -0.4 is 10.1 Å². The van der Waals surface area contributed by atoms with Crippen molar-refractivity contribution in [2.45, 2.75) is 13.8 Å². The summed E-state index contributed by atoms with van der Waals surface area (Å²) in [5.41, 5.74) is 1.71. The van der Waals surface area contributed by atoms with Crippen LogP contribution >= 0.6 is 22.9 Å². The van der Waals surface area contributed by atoms with E-state index >= 15 is 0 Å². The van der Waals surface area contributed by atoms with Crippen LogP contribution in [0.15, 0.2) is 18.2 Å². The Bertz CT molecular complexity index is 747. The first kappa shape index (κ1) is 15.4. The van der Waals surface area contributed by atoms with Crippen LogP contribution in [0.4, 0.5) is 5.00 Å². The van der Waals surface area contributed by atoms with Gasteiger partial charge in [0, 0.05) is 9.90 Å². The van der Waals surface area contributed by atoms with E-state index in [1.54, 1.807) is 12.1 Å². The first-order valence-electron chi connectivity index (χ1n) is 6.13. The van der Waals surface area contributed by atoms with Gasteiger partial charge in [0.05, 0.1) is 18.2 Å². The fourth-order valence-corrected chi connectivity index (χ4v) is 3.06. The van der Waals surface area contributed by atoms with Gasteiger partial charge >= 0.3 is 0 Å². The fraction of sp³-hybridized carbons (Fsp3) is 0.200. The number of aryl methyl sites for hydroxylation is 1. The minimum Gasteiger partial charge on any atom is -0.496 e. The molecule has 0 saturated heterocycles. The summed E-state index contributed by atoms with van der Waals surface area (Å²) in [5.74, 6) is 0.0764. The second-order valence-electron chi connectivity index (χ2n) is 4.40. The van der Waals surface area contributed by atoms with E-state index in [2.05, 4.69) is 11.4 Å². The third-order valence-corrected chi connectivity index (χ3v) is 4.49. The Morgan fingerprint density at radius 3 is 2.76 bits per heavy atom. The maximum absolute atomic E-state index is 12.4. The minimum atomic E-state index is -0.355. The van der Waals surface area contributed by atoms with Gasteiger partial charge < -0.3 is 10.1 Å². The number of methoxy groups -OCH3 is 1. The molecule has 108 valence electrons. The molecule has 0 aliphatic carbocycles. The van der Waals surface area contributed by atoms with Crippen molar-refractivity contribution >= 4 is 33.8 Å². The number of halogens is 1. The molecule has 0 aliphatic rings. The molecule has 1 heterocycles. The van der Waals surface area contributed by atoms with Gasteiger partial charge in [-0.25, -0.2) is 0 Å². The number of rotatable bonds is 3. The smallest absolute Gasteiger partial charge is 0.260 e. The molecule has 0 unspecified atom stereocenters. The highest BCUT2D eigenvalue weighted by Gasteiger charge is 2.18. The zero-order chi connectivity index (χ0) is 15.6. The lowest BCUT2D eigenvalue weighted by molar-refractivity contribution is 0.102. The lowest BCUT2D eigenvalue weighted by atomic mass is 10.1. The van der Waals surface area contributed by atoms with E-state index < -0.39 is 0 Å². The van der Waals surface area contributed by atoms with Crippen LogP contribution in [0.1, 0.15) is 26.4 Å². The number of nitriles is 1. The molecule has 0 fully saturated rings. The van der Waals surface area contributed by atoms with Crippen LogP contribution in [0.5, 0.6) is 5.75 Å². The number of ether oxygens (including phenoxy) is 1. The Morgan fingerprint density at radius 1 is 1.43 bits per heavy atom. The maximum atomic E-state index is 12.4. The Balaban J connectivity index is 2.37. The summed E-state index contributed by atoms with van der Waals surface area (Å²) in [7, 11) is 1.49. The summed E-state index contributed by atoms with van der Waals surface area (Å²) in [6, 6.07) is 6.94. The highest BCUT2D eigenvalue weighted by molar-refractivity contribution is 7.16. The Morgan fingerprint density at radius 2 is 2.14 bits per heavy atom. The van der Waals surface area contributed by atoms with Crippen molar-refractivity contribution in [1.82, 2.24) is 0 Å². The monoisotopic (exact) mass is 320 g/mol. The predicted molar refractivity (Wildman–Crippen MR) is 84.5 cm³/mol. The van der Waals surface area contributed by atoms with Crippen molar-refractivity contribution in [2.24, 2.45) is 0 Å². The molecular weight excluding hydrogens is 308 g/mol. The summed E-state index contributed by atoms with van der Waals surface area (Å²) in [6.45, 7) is 3.77. The number of thiophene rings is 1. The lowest BCUT2D eigenvalue weighted by Crippen LogP contribution is -2.13. The van der Waals surface area contributed by atoms with Crippen molar-refractivity contribution < 1.29 is 9.53 Å². The topological polar surface area (TPSA) is 62.1 Å². The summed E-state index contributed by atoms with van der Waals surface area (Å²) in [4.78, 5) is 13.4. The number of hydrogen-bond donors (Lipinski definition) is 1. The average Bonchev–Trinajstić information content (AvgIpc) is 2.73. The van der Waals surface area contributed by atoms with Crippen LogP contribution in [-0.2, 0) is 0 Å². The Labute approximate surface area is 131 Å². The van der Waals surface area contributed by atoms with Crippen LogP contribution in [0.3, 0.4) is 0 Å². The molecule has 0 bridgehead atoms. The second kappa shape index (κ2) is 6.17. The van der Waals surface area contributed by atoms with Gasteiger partial charge in [0.15, 0.2) is 0 Å². The fourth-order valence-electron chi connectivity index (χ4n) is 1.88. The van der Waals surface area contributed by atoms with E-state index in [0.29, 0.717) is 26.9 Å². The molecule has 21 heavy (non-hydrogen) atoms. The second-order valence-corrected chi connectivity index (χ2v) is 6.06. The SMILES string of the molecule is COc1ccc(Cl)cc1C(=O)Nc1sc(C)c(C)c1C#N. The zero-order valence-electron chi connectivity index (χ0n) is 11.8.